The van der Waals surface area contributed by atoms with E-state index >= 15 is 0 Å². The number of hydrogen-bond donors (Lipinski definition) is 2. The molecule has 0 saturated carbocycles. The third-order valence-corrected chi connectivity index (χ3v) is 3.46. The van der Waals surface area contributed by atoms with Crippen LogP contribution in [0.5, 0.6) is 0 Å². The van der Waals surface area contributed by atoms with Gasteiger partial charge in [-0.1, -0.05) is 35.3 Å². The number of carbonyl (C=O) groups is 2. The Morgan fingerprint density at radius 1 is 1.40 bits per heavy atom. The highest BCUT2D eigenvalue weighted by Gasteiger charge is 2.13. The van der Waals surface area contributed by atoms with Crippen LogP contribution in [0.3, 0.4) is 0 Å². The summed E-state index contributed by atoms with van der Waals surface area (Å²) in [5.74, 6) is -0.791. The highest BCUT2D eigenvalue weighted by molar-refractivity contribution is 9.10. The predicted molar refractivity (Wildman–Crippen MR) is 80.3 cm³/mol. The van der Waals surface area contributed by atoms with Gasteiger partial charge >= 0.3 is 0 Å². The number of carbonyl (C=O) groups excluding carboxylic acids is 2. The summed E-state index contributed by atoms with van der Waals surface area (Å²) in [6.45, 7) is 2.25. The van der Waals surface area contributed by atoms with Gasteiger partial charge in [0.2, 0.25) is 11.8 Å². The van der Waals surface area contributed by atoms with Crippen molar-refractivity contribution in [2.75, 3.05) is 11.9 Å². The van der Waals surface area contributed by atoms with E-state index in [1.54, 1.807) is 6.07 Å². The smallest absolute Gasteiger partial charge is 0.233 e. The standard InChI is InChI=1S/C14H18BrFN2O2/c1-2-4-12(15)14(20)17-8-7-13(19)18-11-6-3-5-10(16)9-11/h3,5-6,9,12H,2,4,7-8H2,1H3,(H,17,20)(H,18,19). The van der Waals surface area contributed by atoms with Crippen LogP contribution in [0, 0.1) is 5.82 Å². The molecule has 0 aromatic heterocycles. The molecule has 0 bridgehead atoms. The number of anilines is 1. The van der Waals surface area contributed by atoms with Gasteiger partial charge in [0, 0.05) is 18.7 Å². The van der Waals surface area contributed by atoms with Gasteiger partial charge in [0.05, 0.1) is 4.83 Å². The average Bonchev–Trinajstić information content (AvgIpc) is 2.38. The summed E-state index contributed by atoms with van der Waals surface area (Å²) in [4.78, 5) is 23.0. The number of halogens is 2. The summed E-state index contributed by atoms with van der Waals surface area (Å²) < 4.78 is 12.9. The van der Waals surface area contributed by atoms with Crippen LogP contribution in [0.2, 0.25) is 0 Å². The van der Waals surface area contributed by atoms with E-state index in [9.17, 15) is 14.0 Å². The fourth-order valence-corrected chi connectivity index (χ4v) is 2.20. The van der Waals surface area contributed by atoms with Gasteiger partial charge in [-0.3, -0.25) is 9.59 Å². The van der Waals surface area contributed by atoms with E-state index in [1.165, 1.54) is 18.2 Å². The molecule has 1 atom stereocenters. The number of nitrogens with one attached hydrogen (secondary N) is 2. The molecule has 0 saturated heterocycles. The highest BCUT2D eigenvalue weighted by atomic mass is 79.9. The summed E-state index contributed by atoms with van der Waals surface area (Å²) in [6, 6.07) is 5.67. The van der Waals surface area contributed by atoms with Crippen LogP contribution in [0.25, 0.3) is 0 Å². The Kier molecular flexibility index (Phi) is 7.22. The lowest BCUT2D eigenvalue weighted by atomic mass is 10.2. The summed E-state index contributed by atoms with van der Waals surface area (Å²) >= 11 is 3.28. The van der Waals surface area contributed by atoms with Crippen molar-refractivity contribution < 1.29 is 14.0 Å². The highest BCUT2D eigenvalue weighted by Crippen LogP contribution is 2.09. The van der Waals surface area contributed by atoms with Crippen LogP contribution in [0.1, 0.15) is 26.2 Å². The summed E-state index contributed by atoms with van der Waals surface area (Å²) in [7, 11) is 0. The van der Waals surface area contributed by atoms with Crippen LogP contribution in [0.15, 0.2) is 24.3 Å². The topological polar surface area (TPSA) is 58.2 Å². The molecule has 0 spiro atoms. The minimum absolute atomic E-state index is 0.120. The van der Waals surface area contributed by atoms with E-state index < -0.39 is 5.82 Å². The van der Waals surface area contributed by atoms with Gasteiger partial charge in [-0.05, 0) is 24.6 Å². The fraction of sp³-hybridized carbons (Fsp3) is 0.429. The maximum Gasteiger partial charge on any atom is 0.233 e. The van der Waals surface area contributed by atoms with Gasteiger partial charge in [0.1, 0.15) is 5.82 Å². The minimum atomic E-state index is -0.405. The lowest BCUT2D eigenvalue weighted by Crippen LogP contribution is -2.33. The number of hydrogen-bond acceptors (Lipinski definition) is 2. The van der Waals surface area contributed by atoms with E-state index in [4.69, 9.17) is 0 Å². The molecule has 20 heavy (non-hydrogen) atoms. The first-order valence-electron chi connectivity index (χ1n) is 6.50. The number of rotatable bonds is 7. The number of amides is 2. The number of alkyl halides is 1. The fourth-order valence-electron chi connectivity index (χ4n) is 1.58. The Bertz CT molecular complexity index is 468. The normalized spacial score (nSPS) is 11.8. The van der Waals surface area contributed by atoms with E-state index in [0.29, 0.717) is 5.69 Å². The Morgan fingerprint density at radius 2 is 2.15 bits per heavy atom. The molecule has 110 valence electrons. The summed E-state index contributed by atoms with van der Waals surface area (Å²) in [5, 5.41) is 5.24. The average molecular weight is 345 g/mol. The lowest BCUT2D eigenvalue weighted by Gasteiger charge is -2.10. The molecule has 0 aliphatic rings. The molecular formula is C14H18BrFN2O2. The molecule has 4 nitrogen and oxygen atoms in total. The molecule has 1 unspecified atom stereocenters. The third-order valence-electron chi connectivity index (χ3n) is 2.59. The second-order valence-corrected chi connectivity index (χ2v) is 5.46. The molecule has 0 aliphatic carbocycles. The van der Waals surface area contributed by atoms with Gasteiger partial charge in [-0.25, -0.2) is 4.39 Å². The van der Waals surface area contributed by atoms with Crippen molar-refractivity contribution in [1.82, 2.24) is 5.32 Å². The Balaban J connectivity index is 2.28. The molecule has 0 fully saturated rings. The Hall–Kier alpha value is -1.43. The monoisotopic (exact) mass is 344 g/mol. The zero-order valence-electron chi connectivity index (χ0n) is 11.3. The quantitative estimate of drug-likeness (QED) is 0.747. The van der Waals surface area contributed by atoms with Crippen molar-refractivity contribution >= 4 is 33.4 Å². The van der Waals surface area contributed by atoms with Crippen LogP contribution in [-0.4, -0.2) is 23.2 Å². The predicted octanol–water partition coefficient (Wildman–Crippen LogP) is 2.83. The van der Waals surface area contributed by atoms with Crippen LogP contribution in [0.4, 0.5) is 10.1 Å². The maximum absolute atomic E-state index is 12.9. The van der Waals surface area contributed by atoms with Gasteiger partial charge in [-0.15, -0.1) is 0 Å². The van der Waals surface area contributed by atoms with Gasteiger partial charge in [-0.2, -0.15) is 0 Å². The molecule has 2 amide bonds. The van der Waals surface area contributed by atoms with E-state index in [1.807, 2.05) is 6.92 Å². The lowest BCUT2D eigenvalue weighted by molar-refractivity contribution is -0.120. The van der Waals surface area contributed by atoms with Crippen molar-refractivity contribution in [3.05, 3.63) is 30.1 Å². The second-order valence-electron chi connectivity index (χ2n) is 4.36. The van der Waals surface area contributed by atoms with Crippen molar-refractivity contribution in [1.29, 1.82) is 0 Å². The molecule has 1 aromatic rings. The van der Waals surface area contributed by atoms with Crippen LogP contribution < -0.4 is 10.6 Å². The van der Waals surface area contributed by atoms with E-state index in [2.05, 4.69) is 26.6 Å². The summed E-state index contributed by atoms with van der Waals surface area (Å²) in [6.07, 6.45) is 1.80. The SMILES string of the molecule is CCCC(Br)C(=O)NCCC(=O)Nc1cccc(F)c1. The van der Waals surface area contributed by atoms with Gasteiger partial charge in [0.15, 0.2) is 0 Å². The number of benzene rings is 1. The molecule has 2 N–H and O–H groups in total. The Morgan fingerprint density at radius 3 is 2.80 bits per heavy atom. The first kappa shape index (κ1) is 16.6. The second kappa shape index (κ2) is 8.68. The van der Waals surface area contributed by atoms with Gasteiger partial charge in [0.25, 0.3) is 0 Å². The van der Waals surface area contributed by atoms with Crippen LogP contribution in [-0.2, 0) is 9.59 Å². The molecule has 6 heteroatoms. The molecule has 0 radical (unpaired) electrons. The van der Waals surface area contributed by atoms with E-state index in [-0.39, 0.29) is 29.6 Å². The largest absolute Gasteiger partial charge is 0.355 e. The van der Waals surface area contributed by atoms with Crippen molar-refractivity contribution in [3.8, 4) is 0 Å². The first-order valence-corrected chi connectivity index (χ1v) is 7.41. The van der Waals surface area contributed by atoms with Crippen LogP contribution >= 0.6 is 15.9 Å². The van der Waals surface area contributed by atoms with Crippen molar-refractivity contribution in [2.24, 2.45) is 0 Å². The zero-order valence-corrected chi connectivity index (χ0v) is 12.9. The maximum atomic E-state index is 12.9. The minimum Gasteiger partial charge on any atom is -0.355 e. The third kappa shape index (κ3) is 6.14. The van der Waals surface area contributed by atoms with Crippen molar-refractivity contribution in [3.63, 3.8) is 0 Å². The molecule has 0 aliphatic heterocycles. The zero-order chi connectivity index (χ0) is 15.0. The van der Waals surface area contributed by atoms with Crippen molar-refractivity contribution in [2.45, 2.75) is 31.0 Å². The van der Waals surface area contributed by atoms with Gasteiger partial charge < -0.3 is 10.6 Å². The Labute approximate surface area is 126 Å². The molecule has 0 heterocycles. The molecule has 1 aromatic carbocycles. The summed E-state index contributed by atoms with van der Waals surface area (Å²) in [5.41, 5.74) is 0.408. The first-order chi connectivity index (χ1) is 9.52. The molecule has 1 rings (SSSR count). The van der Waals surface area contributed by atoms with E-state index in [0.717, 1.165) is 12.8 Å². The molecular weight excluding hydrogens is 327 g/mol.